The van der Waals surface area contributed by atoms with Crippen LogP contribution in [0.1, 0.15) is 25.6 Å². The van der Waals surface area contributed by atoms with Crippen LogP contribution in [0.5, 0.6) is 5.75 Å². The van der Waals surface area contributed by atoms with Gasteiger partial charge in [0, 0.05) is 6.04 Å². The lowest BCUT2D eigenvalue weighted by atomic mass is 10.2. The Kier molecular flexibility index (Phi) is 3.05. The van der Waals surface area contributed by atoms with E-state index < -0.39 is 0 Å². The largest absolute Gasteiger partial charge is 0.492 e. The van der Waals surface area contributed by atoms with E-state index in [1.54, 1.807) is 6.20 Å². The molecule has 0 amide bonds. The second-order valence-electron chi connectivity index (χ2n) is 2.64. The number of rotatable bonds is 3. The maximum Gasteiger partial charge on any atom is 0.137 e. The van der Waals surface area contributed by atoms with E-state index in [0.29, 0.717) is 6.61 Å². The van der Waals surface area contributed by atoms with Crippen molar-refractivity contribution in [2.45, 2.75) is 19.9 Å². The molecule has 1 unspecified atom stereocenters. The van der Waals surface area contributed by atoms with Crippen LogP contribution in [0.2, 0.25) is 0 Å². The van der Waals surface area contributed by atoms with E-state index in [2.05, 4.69) is 4.98 Å². The van der Waals surface area contributed by atoms with Gasteiger partial charge in [0.2, 0.25) is 0 Å². The standard InChI is InChI=1S/C9H14N2O/c1-3-12-8-4-5-9(7(2)10)11-6-8/h4-7H,3,10H2,1-2H3. The maximum absolute atomic E-state index is 5.63. The van der Waals surface area contributed by atoms with E-state index in [4.69, 9.17) is 10.5 Å². The van der Waals surface area contributed by atoms with E-state index in [0.717, 1.165) is 11.4 Å². The highest BCUT2D eigenvalue weighted by molar-refractivity contribution is 5.20. The summed E-state index contributed by atoms with van der Waals surface area (Å²) >= 11 is 0. The molecule has 0 aliphatic carbocycles. The summed E-state index contributed by atoms with van der Waals surface area (Å²) < 4.78 is 5.24. The lowest BCUT2D eigenvalue weighted by Crippen LogP contribution is -2.06. The number of pyridine rings is 1. The maximum atomic E-state index is 5.63. The summed E-state index contributed by atoms with van der Waals surface area (Å²) in [6.45, 7) is 4.52. The number of hydrogen-bond donors (Lipinski definition) is 1. The normalized spacial score (nSPS) is 12.6. The van der Waals surface area contributed by atoms with Crippen molar-refractivity contribution in [3.05, 3.63) is 24.0 Å². The van der Waals surface area contributed by atoms with Gasteiger partial charge in [-0.2, -0.15) is 0 Å². The first kappa shape index (κ1) is 9.00. The Morgan fingerprint density at radius 1 is 1.58 bits per heavy atom. The van der Waals surface area contributed by atoms with Gasteiger partial charge in [-0.25, -0.2) is 0 Å². The van der Waals surface area contributed by atoms with E-state index in [1.807, 2.05) is 26.0 Å². The van der Waals surface area contributed by atoms with Crippen LogP contribution in [0, 0.1) is 0 Å². The Morgan fingerprint density at radius 2 is 2.33 bits per heavy atom. The molecule has 0 saturated heterocycles. The van der Waals surface area contributed by atoms with E-state index in [-0.39, 0.29) is 6.04 Å². The first-order chi connectivity index (χ1) is 5.74. The average molecular weight is 166 g/mol. The van der Waals surface area contributed by atoms with Gasteiger partial charge < -0.3 is 10.5 Å². The molecule has 1 atom stereocenters. The van der Waals surface area contributed by atoms with Gasteiger partial charge in [-0.3, -0.25) is 4.98 Å². The molecule has 0 bridgehead atoms. The van der Waals surface area contributed by atoms with E-state index >= 15 is 0 Å². The number of aromatic nitrogens is 1. The summed E-state index contributed by atoms with van der Waals surface area (Å²) in [6.07, 6.45) is 1.70. The molecular weight excluding hydrogens is 152 g/mol. The van der Waals surface area contributed by atoms with Crippen LogP contribution < -0.4 is 10.5 Å². The van der Waals surface area contributed by atoms with E-state index in [1.165, 1.54) is 0 Å². The second kappa shape index (κ2) is 4.07. The first-order valence-corrected chi connectivity index (χ1v) is 4.08. The predicted molar refractivity (Wildman–Crippen MR) is 48.0 cm³/mol. The van der Waals surface area contributed by atoms with Gasteiger partial charge in [-0.15, -0.1) is 0 Å². The van der Waals surface area contributed by atoms with Crippen molar-refractivity contribution < 1.29 is 4.74 Å². The van der Waals surface area contributed by atoms with Gasteiger partial charge in [-0.1, -0.05) is 0 Å². The van der Waals surface area contributed by atoms with Crippen molar-refractivity contribution in [2.75, 3.05) is 6.61 Å². The summed E-state index contributed by atoms with van der Waals surface area (Å²) in [5.41, 5.74) is 6.52. The average Bonchev–Trinajstić information content (AvgIpc) is 2.06. The fourth-order valence-corrected chi connectivity index (χ4v) is 0.913. The fourth-order valence-electron chi connectivity index (χ4n) is 0.913. The Balaban J connectivity index is 2.71. The van der Waals surface area contributed by atoms with Crippen LogP contribution in [0.15, 0.2) is 18.3 Å². The third-order valence-corrected chi connectivity index (χ3v) is 1.54. The first-order valence-electron chi connectivity index (χ1n) is 4.08. The van der Waals surface area contributed by atoms with Crippen LogP contribution >= 0.6 is 0 Å². The van der Waals surface area contributed by atoms with Crippen molar-refractivity contribution in [3.63, 3.8) is 0 Å². The lowest BCUT2D eigenvalue weighted by molar-refractivity contribution is 0.338. The molecule has 0 spiro atoms. The van der Waals surface area contributed by atoms with Crippen molar-refractivity contribution >= 4 is 0 Å². The number of hydrogen-bond acceptors (Lipinski definition) is 3. The van der Waals surface area contributed by atoms with Gasteiger partial charge in [0.25, 0.3) is 0 Å². The van der Waals surface area contributed by atoms with Crippen LogP contribution in [0.4, 0.5) is 0 Å². The minimum absolute atomic E-state index is 0.0133. The highest BCUT2D eigenvalue weighted by Gasteiger charge is 1.99. The molecule has 0 radical (unpaired) electrons. The zero-order valence-corrected chi connectivity index (χ0v) is 7.45. The molecule has 3 heteroatoms. The summed E-state index contributed by atoms with van der Waals surface area (Å²) in [4.78, 5) is 4.15. The lowest BCUT2D eigenvalue weighted by Gasteiger charge is -2.05. The molecule has 0 fully saturated rings. The van der Waals surface area contributed by atoms with Gasteiger partial charge in [0.1, 0.15) is 5.75 Å². The topological polar surface area (TPSA) is 48.1 Å². The van der Waals surface area contributed by atoms with Crippen LogP contribution in [0.25, 0.3) is 0 Å². The molecular formula is C9H14N2O. The van der Waals surface area contributed by atoms with Crippen molar-refractivity contribution in [1.29, 1.82) is 0 Å². The molecule has 3 nitrogen and oxygen atoms in total. The molecule has 1 aromatic heterocycles. The molecule has 1 heterocycles. The Bertz CT molecular complexity index is 231. The smallest absolute Gasteiger partial charge is 0.137 e. The van der Waals surface area contributed by atoms with Gasteiger partial charge >= 0.3 is 0 Å². The van der Waals surface area contributed by atoms with Gasteiger partial charge in [0.15, 0.2) is 0 Å². The molecule has 2 N–H and O–H groups in total. The van der Waals surface area contributed by atoms with Crippen molar-refractivity contribution in [2.24, 2.45) is 5.73 Å². The second-order valence-corrected chi connectivity index (χ2v) is 2.64. The van der Waals surface area contributed by atoms with Gasteiger partial charge in [-0.05, 0) is 26.0 Å². The number of nitrogens with two attached hydrogens (primary N) is 1. The van der Waals surface area contributed by atoms with Crippen molar-refractivity contribution in [3.8, 4) is 5.75 Å². The Morgan fingerprint density at radius 3 is 2.75 bits per heavy atom. The third-order valence-electron chi connectivity index (χ3n) is 1.54. The number of ether oxygens (including phenoxy) is 1. The van der Waals surface area contributed by atoms with Gasteiger partial charge in [0.05, 0.1) is 18.5 Å². The molecule has 0 saturated carbocycles. The minimum Gasteiger partial charge on any atom is -0.492 e. The molecule has 12 heavy (non-hydrogen) atoms. The molecule has 0 aliphatic heterocycles. The summed E-state index contributed by atoms with van der Waals surface area (Å²) in [6, 6.07) is 3.76. The molecule has 1 aromatic rings. The molecule has 0 aliphatic rings. The monoisotopic (exact) mass is 166 g/mol. The molecule has 66 valence electrons. The SMILES string of the molecule is CCOc1ccc(C(C)N)nc1. The summed E-state index contributed by atoms with van der Waals surface area (Å²) in [5, 5.41) is 0. The van der Waals surface area contributed by atoms with E-state index in [9.17, 15) is 0 Å². The number of nitrogens with zero attached hydrogens (tertiary/aromatic N) is 1. The quantitative estimate of drug-likeness (QED) is 0.740. The Labute approximate surface area is 72.6 Å². The van der Waals surface area contributed by atoms with Crippen molar-refractivity contribution in [1.82, 2.24) is 4.98 Å². The zero-order valence-electron chi connectivity index (χ0n) is 7.45. The highest BCUT2D eigenvalue weighted by atomic mass is 16.5. The zero-order chi connectivity index (χ0) is 8.97. The molecule has 0 aromatic carbocycles. The molecule has 1 rings (SSSR count). The predicted octanol–water partition coefficient (Wildman–Crippen LogP) is 1.50. The fraction of sp³-hybridized carbons (Fsp3) is 0.444. The van der Waals surface area contributed by atoms with Crippen LogP contribution in [0.3, 0.4) is 0 Å². The van der Waals surface area contributed by atoms with Crippen LogP contribution in [-0.4, -0.2) is 11.6 Å². The third kappa shape index (κ3) is 2.20. The van der Waals surface area contributed by atoms with Crippen LogP contribution in [-0.2, 0) is 0 Å². The highest BCUT2D eigenvalue weighted by Crippen LogP contribution is 2.12. The minimum atomic E-state index is -0.0133. The Hall–Kier alpha value is -1.09. The summed E-state index contributed by atoms with van der Waals surface area (Å²) in [5.74, 6) is 0.793. The summed E-state index contributed by atoms with van der Waals surface area (Å²) in [7, 11) is 0.